The van der Waals surface area contributed by atoms with Crippen molar-refractivity contribution in [3.63, 3.8) is 0 Å². The van der Waals surface area contributed by atoms with E-state index in [4.69, 9.17) is 11.6 Å². The number of hydrogen-bond acceptors (Lipinski definition) is 4. The normalized spacial score (nSPS) is 11.4. The van der Waals surface area contributed by atoms with E-state index in [0.717, 1.165) is 11.1 Å². The quantitative estimate of drug-likeness (QED) is 0.746. The van der Waals surface area contributed by atoms with Crippen LogP contribution >= 0.6 is 11.6 Å². The van der Waals surface area contributed by atoms with E-state index in [9.17, 15) is 0 Å². The molecule has 0 aliphatic heterocycles. The maximum atomic E-state index is 6.12. The summed E-state index contributed by atoms with van der Waals surface area (Å²) in [5, 5.41) is 13.2. The summed E-state index contributed by atoms with van der Waals surface area (Å²) in [5.41, 5.74) is 2.50. The zero-order valence-corrected chi connectivity index (χ0v) is 12.5. The Hall–Kier alpha value is -2.40. The van der Waals surface area contributed by atoms with Gasteiger partial charge in [0.2, 0.25) is 0 Å². The second kappa shape index (κ2) is 5.54. The smallest absolute Gasteiger partial charge is 0.185 e. The number of hydrogen-bond donors (Lipinski definition) is 0. The maximum absolute atomic E-state index is 6.12. The van der Waals surface area contributed by atoms with Gasteiger partial charge in [-0.1, -0.05) is 41.9 Å². The number of nitrogens with zero attached hydrogens (tertiary/aromatic N) is 5. The molecule has 3 aromatic rings. The summed E-state index contributed by atoms with van der Waals surface area (Å²) in [4.78, 5) is 1.94. The van der Waals surface area contributed by atoms with Gasteiger partial charge in [-0.3, -0.25) is 0 Å². The summed E-state index contributed by atoms with van der Waals surface area (Å²) in [6, 6.07) is 11.6. The summed E-state index contributed by atoms with van der Waals surface area (Å²) >= 11 is 6.12. The second-order valence-electron chi connectivity index (χ2n) is 4.83. The minimum atomic E-state index is 0.401. The van der Waals surface area contributed by atoms with Crippen molar-refractivity contribution >= 4 is 23.3 Å². The first-order valence-electron chi connectivity index (χ1n) is 6.47. The molecular weight excluding hydrogens is 286 g/mol. The van der Waals surface area contributed by atoms with Crippen molar-refractivity contribution < 1.29 is 0 Å². The third-order valence-electron chi connectivity index (χ3n) is 2.95. The zero-order valence-electron chi connectivity index (χ0n) is 11.7. The number of rotatable bonds is 3. The molecule has 0 spiro atoms. The molecule has 0 unspecified atom stereocenters. The van der Waals surface area contributed by atoms with Crippen LogP contribution in [0.4, 0.5) is 0 Å². The van der Waals surface area contributed by atoms with Gasteiger partial charge in [-0.15, -0.1) is 10.2 Å². The van der Waals surface area contributed by atoms with E-state index in [1.54, 1.807) is 10.6 Å². The second-order valence-corrected chi connectivity index (χ2v) is 5.21. The van der Waals surface area contributed by atoms with Crippen molar-refractivity contribution in [1.29, 1.82) is 0 Å². The first-order valence-corrected chi connectivity index (χ1v) is 6.85. The molecule has 2 heterocycles. The molecule has 0 atom stereocenters. The summed E-state index contributed by atoms with van der Waals surface area (Å²) in [6.45, 7) is 0. The molecule has 3 rings (SSSR count). The highest BCUT2D eigenvalue weighted by atomic mass is 35.5. The highest BCUT2D eigenvalue weighted by Crippen LogP contribution is 2.21. The maximum Gasteiger partial charge on any atom is 0.185 e. The molecule has 0 saturated heterocycles. The van der Waals surface area contributed by atoms with Gasteiger partial charge in [0.25, 0.3) is 0 Å². The van der Waals surface area contributed by atoms with Crippen molar-refractivity contribution in [1.82, 2.24) is 24.7 Å². The van der Waals surface area contributed by atoms with Gasteiger partial charge < -0.3 is 4.90 Å². The molecule has 0 radical (unpaired) electrons. The minimum absolute atomic E-state index is 0.401. The lowest BCUT2D eigenvalue weighted by Crippen LogP contribution is -2.01. The third kappa shape index (κ3) is 2.73. The molecule has 0 saturated carbocycles. The van der Waals surface area contributed by atoms with E-state index in [0.29, 0.717) is 16.6 Å². The molecule has 106 valence electrons. The number of fused-ring (bicyclic) bond motifs is 1. The van der Waals surface area contributed by atoms with Crippen LogP contribution in [0, 0.1) is 0 Å². The van der Waals surface area contributed by atoms with E-state index in [2.05, 4.69) is 15.3 Å². The van der Waals surface area contributed by atoms with Crippen LogP contribution in [0.3, 0.4) is 0 Å². The zero-order chi connectivity index (χ0) is 14.8. The van der Waals surface area contributed by atoms with E-state index < -0.39 is 0 Å². The lowest BCUT2D eigenvalue weighted by Gasteiger charge is -2.04. The molecule has 0 aliphatic rings. The van der Waals surface area contributed by atoms with E-state index in [1.807, 2.05) is 61.6 Å². The fourth-order valence-electron chi connectivity index (χ4n) is 1.99. The largest absolute Gasteiger partial charge is 0.383 e. The Morgan fingerprint density at radius 2 is 1.90 bits per heavy atom. The monoisotopic (exact) mass is 299 g/mol. The summed E-state index contributed by atoms with van der Waals surface area (Å²) in [5.74, 6) is 0.674. The van der Waals surface area contributed by atoms with Crippen LogP contribution < -0.4 is 0 Å². The summed E-state index contributed by atoms with van der Waals surface area (Å²) in [7, 11) is 3.91. The SMILES string of the molecule is CN(C)C=Cc1cc(Cl)nn2c(-c3ccccc3)nnc12. The summed E-state index contributed by atoms with van der Waals surface area (Å²) < 4.78 is 1.67. The number of halogens is 1. The van der Waals surface area contributed by atoms with Crippen LogP contribution in [0.25, 0.3) is 23.1 Å². The van der Waals surface area contributed by atoms with E-state index in [1.165, 1.54) is 0 Å². The molecule has 0 fully saturated rings. The van der Waals surface area contributed by atoms with Gasteiger partial charge in [0.1, 0.15) is 0 Å². The number of aromatic nitrogens is 4. The van der Waals surface area contributed by atoms with Crippen molar-refractivity contribution in [2.45, 2.75) is 0 Å². The Balaban J connectivity index is 2.19. The van der Waals surface area contributed by atoms with Crippen molar-refractivity contribution in [3.8, 4) is 11.4 Å². The Kier molecular flexibility index (Phi) is 3.58. The van der Waals surface area contributed by atoms with Gasteiger partial charge >= 0.3 is 0 Å². The highest BCUT2D eigenvalue weighted by molar-refractivity contribution is 6.29. The average molecular weight is 300 g/mol. The van der Waals surface area contributed by atoms with Crippen LogP contribution in [-0.4, -0.2) is 38.8 Å². The van der Waals surface area contributed by atoms with E-state index in [-0.39, 0.29) is 0 Å². The number of benzene rings is 1. The Labute approximate surface area is 127 Å². The molecular formula is C15H14ClN5. The van der Waals surface area contributed by atoms with Crippen molar-refractivity contribution in [3.05, 3.63) is 53.3 Å². The first kappa shape index (κ1) is 13.6. The molecule has 2 aromatic heterocycles. The van der Waals surface area contributed by atoms with Gasteiger partial charge in [0, 0.05) is 25.2 Å². The van der Waals surface area contributed by atoms with Gasteiger partial charge in [0.15, 0.2) is 16.6 Å². The molecule has 0 bridgehead atoms. The molecule has 0 aliphatic carbocycles. The van der Waals surface area contributed by atoms with E-state index >= 15 is 0 Å². The molecule has 0 N–H and O–H groups in total. The molecule has 1 aromatic carbocycles. The van der Waals surface area contributed by atoms with Gasteiger partial charge in [-0.2, -0.15) is 9.61 Å². The Bertz CT molecular complexity index is 792. The van der Waals surface area contributed by atoms with Crippen molar-refractivity contribution in [2.75, 3.05) is 14.1 Å². The lowest BCUT2D eigenvalue weighted by molar-refractivity contribution is 0.567. The Morgan fingerprint density at radius 1 is 1.14 bits per heavy atom. The average Bonchev–Trinajstić information content (AvgIpc) is 2.89. The predicted octanol–water partition coefficient (Wildman–Crippen LogP) is 2.98. The first-order chi connectivity index (χ1) is 10.1. The van der Waals surface area contributed by atoms with Crippen LogP contribution in [0.15, 0.2) is 42.6 Å². The summed E-state index contributed by atoms with van der Waals surface area (Å²) in [6.07, 6.45) is 3.87. The van der Waals surface area contributed by atoms with Crippen LogP contribution in [0.5, 0.6) is 0 Å². The standard InChI is InChI=1S/C15H14ClN5/c1-20(2)9-8-12-10-13(16)19-21-14(17-18-15(12)21)11-6-4-3-5-7-11/h3-10H,1-2H3. The molecule has 21 heavy (non-hydrogen) atoms. The molecule has 0 amide bonds. The van der Waals surface area contributed by atoms with Crippen LogP contribution in [0.1, 0.15) is 5.56 Å². The Morgan fingerprint density at radius 3 is 2.62 bits per heavy atom. The fourth-order valence-corrected chi connectivity index (χ4v) is 2.18. The van der Waals surface area contributed by atoms with Crippen LogP contribution in [-0.2, 0) is 0 Å². The van der Waals surface area contributed by atoms with Gasteiger partial charge in [0.05, 0.1) is 0 Å². The molecule has 5 nitrogen and oxygen atoms in total. The van der Waals surface area contributed by atoms with Crippen molar-refractivity contribution in [2.24, 2.45) is 0 Å². The fraction of sp³-hybridized carbons (Fsp3) is 0.133. The van der Waals surface area contributed by atoms with Crippen LogP contribution in [0.2, 0.25) is 5.15 Å². The highest BCUT2D eigenvalue weighted by Gasteiger charge is 2.12. The lowest BCUT2D eigenvalue weighted by atomic mass is 10.2. The van der Waals surface area contributed by atoms with Gasteiger partial charge in [-0.25, -0.2) is 0 Å². The van der Waals surface area contributed by atoms with Gasteiger partial charge in [-0.05, 0) is 18.3 Å². The third-order valence-corrected chi connectivity index (χ3v) is 3.14. The minimum Gasteiger partial charge on any atom is -0.383 e. The molecule has 6 heteroatoms. The topological polar surface area (TPSA) is 46.3 Å². The predicted molar refractivity (Wildman–Crippen MR) is 83.9 cm³/mol.